The van der Waals surface area contributed by atoms with E-state index in [1.165, 1.54) is 10.6 Å². The minimum Gasteiger partial charge on any atom is -0.497 e. The summed E-state index contributed by atoms with van der Waals surface area (Å²) >= 11 is 0. The van der Waals surface area contributed by atoms with Crippen molar-refractivity contribution in [1.29, 1.82) is 0 Å². The van der Waals surface area contributed by atoms with Crippen LogP contribution in [-0.4, -0.2) is 57.1 Å². The average Bonchev–Trinajstić information content (AvgIpc) is 3.40. The van der Waals surface area contributed by atoms with Gasteiger partial charge in [0.2, 0.25) is 21.8 Å². The summed E-state index contributed by atoms with van der Waals surface area (Å²) in [5.74, 6) is 0.417. The van der Waals surface area contributed by atoms with Crippen LogP contribution in [0, 0.1) is 6.92 Å². The molecule has 1 aliphatic carbocycles. The van der Waals surface area contributed by atoms with E-state index in [0.29, 0.717) is 18.5 Å². The normalized spacial score (nSPS) is 14.6. The maximum Gasteiger partial charge on any atom is 0.243 e. The minimum absolute atomic E-state index is 0.126. The van der Waals surface area contributed by atoms with Crippen LogP contribution < -0.4 is 14.4 Å². The van der Waals surface area contributed by atoms with E-state index in [-0.39, 0.29) is 37.4 Å². The number of aryl methyl sites for hydroxylation is 1. The maximum atomic E-state index is 13.6. The summed E-state index contributed by atoms with van der Waals surface area (Å²) in [6.45, 7) is 4.32. The van der Waals surface area contributed by atoms with Gasteiger partial charge >= 0.3 is 0 Å². The number of hydrogen-bond acceptors (Lipinski definition) is 5. The lowest BCUT2D eigenvalue weighted by molar-refractivity contribution is -0.141. The highest BCUT2D eigenvalue weighted by molar-refractivity contribution is 7.92. The molecule has 0 aromatic heterocycles. The van der Waals surface area contributed by atoms with Gasteiger partial charge in [-0.25, -0.2) is 8.42 Å². The Hall–Kier alpha value is -3.07. The lowest BCUT2D eigenvalue weighted by Crippen LogP contribution is -2.51. The number of sulfonamides is 1. The summed E-state index contributed by atoms with van der Waals surface area (Å²) in [6.07, 6.45) is 6.26. The Morgan fingerprint density at radius 1 is 1.05 bits per heavy atom. The molecular weight excluding hydrogens is 502 g/mol. The van der Waals surface area contributed by atoms with Crippen LogP contribution in [0.2, 0.25) is 0 Å². The minimum atomic E-state index is -3.52. The predicted molar refractivity (Wildman–Crippen MR) is 151 cm³/mol. The van der Waals surface area contributed by atoms with E-state index in [1.54, 1.807) is 24.1 Å². The lowest BCUT2D eigenvalue weighted by atomic mass is 10.1. The van der Waals surface area contributed by atoms with E-state index in [2.05, 4.69) is 5.32 Å². The quantitative estimate of drug-likeness (QED) is 0.404. The first-order valence-corrected chi connectivity index (χ1v) is 15.2. The van der Waals surface area contributed by atoms with E-state index < -0.39 is 16.1 Å². The molecule has 0 heterocycles. The highest BCUT2D eigenvalue weighted by atomic mass is 32.2. The average molecular weight is 544 g/mol. The molecule has 1 aliphatic rings. The zero-order valence-electron chi connectivity index (χ0n) is 23.0. The van der Waals surface area contributed by atoms with Crippen LogP contribution in [0.4, 0.5) is 5.69 Å². The molecule has 1 saturated carbocycles. The third-order valence-corrected chi connectivity index (χ3v) is 8.27. The van der Waals surface area contributed by atoms with Gasteiger partial charge in [-0.2, -0.15) is 0 Å². The van der Waals surface area contributed by atoms with Crippen LogP contribution in [0.15, 0.2) is 48.5 Å². The van der Waals surface area contributed by atoms with Crippen LogP contribution in [0.5, 0.6) is 5.75 Å². The van der Waals surface area contributed by atoms with Gasteiger partial charge in [0.15, 0.2) is 0 Å². The van der Waals surface area contributed by atoms with Crippen LogP contribution in [0.1, 0.15) is 63.0 Å². The molecular formula is C29H41N3O5S. The molecule has 2 aromatic carbocycles. The maximum absolute atomic E-state index is 13.6. The van der Waals surface area contributed by atoms with Gasteiger partial charge in [-0.3, -0.25) is 13.9 Å². The van der Waals surface area contributed by atoms with Gasteiger partial charge in [-0.05, 0) is 62.4 Å². The van der Waals surface area contributed by atoms with Crippen molar-refractivity contribution in [3.63, 3.8) is 0 Å². The third kappa shape index (κ3) is 8.21. The van der Waals surface area contributed by atoms with E-state index in [0.717, 1.165) is 42.6 Å². The smallest absolute Gasteiger partial charge is 0.243 e. The zero-order chi connectivity index (χ0) is 27.7. The molecule has 3 rings (SSSR count). The third-order valence-electron chi connectivity index (χ3n) is 7.07. The molecule has 1 atom stereocenters. The van der Waals surface area contributed by atoms with Crippen molar-refractivity contribution in [2.75, 3.05) is 24.2 Å². The molecule has 0 unspecified atom stereocenters. The van der Waals surface area contributed by atoms with Crippen LogP contribution >= 0.6 is 0 Å². The standard InChI is InChI=1S/C29H41N3O5S/c1-5-27(29(34)30-24-9-6-7-10-24)31(21-23-14-18-26(37-3)19-15-23)28(33)11-8-20-32(38(4,35)36)25-16-12-22(2)13-17-25/h12-19,24,27H,5-11,20-21H2,1-4H3,(H,30,34)/t27-/m1/s1. The Morgan fingerprint density at radius 2 is 1.68 bits per heavy atom. The van der Waals surface area contributed by atoms with Crippen molar-refractivity contribution in [1.82, 2.24) is 10.2 Å². The fraction of sp³-hybridized carbons (Fsp3) is 0.517. The Balaban J connectivity index is 1.75. The van der Waals surface area contributed by atoms with Crippen molar-refractivity contribution >= 4 is 27.5 Å². The Labute approximate surface area is 227 Å². The highest BCUT2D eigenvalue weighted by Crippen LogP contribution is 2.22. The first-order valence-electron chi connectivity index (χ1n) is 13.4. The first-order chi connectivity index (χ1) is 18.1. The predicted octanol–water partition coefficient (Wildman–Crippen LogP) is 4.42. The number of methoxy groups -OCH3 is 1. The van der Waals surface area contributed by atoms with Crippen molar-refractivity contribution in [3.05, 3.63) is 59.7 Å². The largest absolute Gasteiger partial charge is 0.497 e. The van der Waals surface area contributed by atoms with E-state index in [4.69, 9.17) is 4.74 Å². The van der Waals surface area contributed by atoms with Gasteiger partial charge in [0.25, 0.3) is 0 Å². The second-order valence-electron chi connectivity index (χ2n) is 10.1. The summed E-state index contributed by atoms with van der Waals surface area (Å²) in [4.78, 5) is 28.5. The van der Waals surface area contributed by atoms with Crippen molar-refractivity contribution in [2.45, 2.75) is 77.4 Å². The van der Waals surface area contributed by atoms with Gasteiger partial charge in [0, 0.05) is 25.6 Å². The second-order valence-corrected chi connectivity index (χ2v) is 12.0. The number of benzene rings is 2. The van der Waals surface area contributed by atoms with Gasteiger partial charge in [-0.1, -0.05) is 49.6 Å². The van der Waals surface area contributed by atoms with Gasteiger partial charge in [0.05, 0.1) is 19.1 Å². The van der Waals surface area contributed by atoms with Gasteiger partial charge in [0.1, 0.15) is 11.8 Å². The molecule has 38 heavy (non-hydrogen) atoms. The monoisotopic (exact) mass is 543 g/mol. The van der Waals surface area contributed by atoms with Crippen molar-refractivity contribution in [2.24, 2.45) is 0 Å². The number of ether oxygens (including phenoxy) is 1. The van der Waals surface area contributed by atoms with E-state index in [9.17, 15) is 18.0 Å². The molecule has 0 aliphatic heterocycles. The summed E-state index contributed by atoms with van der Waals surface area (Å²) < 4.78 is 31.6. The molecule has 1 fully saturated rings. The molecule has 8 nitrogen and oxygen atoms in total. The number of nitrogens with one attached hydrogen (secondary N) is 1. The number of hydrogen-bond donors (Lipinski definition) is 1. The Morgan fingerprint density at radius 3 is 2.24 bits per heavy atom. The number of rotatable bonds is 13. The number of carbonyl (C=O) groups is 2. The number of nitrogens with zero attached hydrogens (tertiary/aromatic N) is 2. The van der Waals surface area contributed by atoms with E-state index in [1.807, 2.05) is 50.2 Å². The number of carbonyl (C=O) groups excluding carboxylic acids is 2. The summed E-state index contributed by atoms with van der Waals surface area (Å²) in [5.41, 5.74) is 2.50. The fourth-order valence-corrected chi connectivity index (χ4v) is 5.90. The first kappa shape index (κ1) is 29.5. The SMILES string of the molecule is CC[C@H](C(=O)NC1CCCC1)N(Cc1ccc(OC)cc1)C(=O)CCCN(c1ccc(C)cc1)S(C)(=O)=O. The molecule has 2 amide bonds. The van der Waals surface area contributed by atoms with Crippen LogP contribution in [0.25, 0.3) is 0 Å². The second kappa shape index (κ2) is 13.6. The molecule has 2 aromatic rings. The molecule has 0 bridgehead atoms. The lowest BCUT2D eigenvalue weighted by Gasteiger charge is -2.32. The van der Waals surface area contributed by atoms with Crippen molar-refractivity contribution in [3.8, 4) is 5.75 Å². The summed E-state index contributed by atoms with van der Waals surface area (Å²) in [6, 6.07) is 14.3. The zero-order valence-corrected chi connectivity index (χ0v) is 23.8. The number of amides is 2. The molecule has 1 N–H and O–H groups in total. The molecule has 0 saturated heterocycles. The highest BCUT2D eigenvalue weighted by Gasteiger charge is 2.30. The molecule has 0 radical (unpaired) electrons. The number of anilines is 1. The molecule has 0 spiro atoms. The van der Waals surface area contributed by atoms with Crippen molar-refractivity contribution < 1.29 is 22.7 Å². The fourth-order valence-electron chi connectivity index (χ4n) is 4.93. The van der Waals surface area contributed by atoms with Crippen LogP contribution in [-0.2, 0) is 26.2 Å². The molecule has 208 valence electrons. The van der Waals surface area contributed by atoms with Gasteiger partial charge < -0.3 is 15.0 Å². The van der Waals surface area contributed by atoms with E-state index >= 15 is 0 Å². The van der Waals surface area contributed by atoms with Gasteiger partial charge in [-0.15, -0.1) is 0 Å². The summed E-state index contributed by atoms with van der Waals surface area (Å²) in [5, 5.41) is 3.15. The topological polar surface area (TPSA) is 96.0 Å². The molecule has 9 heteroatoms. The Kier molecular flexibility index (Phi) is 10.6. The Bertz CT molecular complexity index is 1160. The van der Waals surface area contributed by atoms with Crippen LogP contribution in [0.3, 0.4) is 0 Å². The summed E-state index contributed by atoms with van der Waals surface area (Å²) in [7, 11) is -1.92.